The summed E-state index contributed by atoms with van der Waals surface area (Å²) in [6.45, 7) is 7.42. The van der Waals surface area contributed by atoms with Gasteiger partial charge in [0.15, 0.2) is 12.2 Å². The minimum absolute atomic E-state index is 0.109. The molecule has 0 aromatic carbocycles. The number of carbonyl (C=O) groups is 4. The average Bonchev–Trinajstić information content (AvgIpc) is 0.898. The van der Waals surface area contributed by atoms with Crippen LogP contribution in [0.25, 0.3) is 0 Å². The van der Waals surface area contributed by atoms with Crippen LogP contribution in [0.2, 0.25) is 0 Å². The second-order valence-corrected chi connectivity index (χ2v) is 35.0. The summed E-state index contributed by atoms with van der Waals surface area (Å²) in [5.74, 6) is -1.27. The van der Waals surface area contributed by atoms with Crippen molar-refractivity contribution in [1.29, 1.82) is 0 Å². The van der Waals surface area contributed by atoms with Crippen LogP contribution in [0.15, 0.2) is 0 Å². The molecule has 19 heteroatoms. The lowest BCUT2D eigenvalue weighted by molar-refractivity contribution is -0.161. The number of carbonyl (C=O) groups excluding carboxylic acids is 4. The van der Waals surface area contributed by atoms with E-state index in [9.17, 15) is 43.2 Å². The lowest BCUT2D eigenvalue weighted by atomic mass is 10.0. The van der Waals surface area contributed by atoms with Crippen LogP contribution in [-0.2, 0) is 65.4 Å². The van der Waals surface area contributed by atoms with Crippen LogP contribution in [-0.4, -0.2) is 96.7 Å². The largest absolute Gasteiger partial charge is 0.472 e. The molecule has 107 heavy (non-hydrogen) atoms. The molecular weight excluding hydrogens is 1390 g/mol. The first-order valence-electron chi connectivity index (χ1n) is 45.6. The lowest BCUT2D eigenvalue weighted by Crippen LogP contribution is -2.30. The van der Waals surface area contributed by atoms with Gasteiger partial charge in [-0.25, -0.2) is 9.13 Å². The van der Waals surface area contributed by atoms with Crippen molar-refractivity contribution in [2.24, 2.45) is 5.92 Å². The Morgan fingerprint density at radius 2 is 0.430 bits per heavy atom. The number of phosphoric ester groups is 2. The van der Waals surface area contributed by atoms with Crippen LogP contribution in [0.3, 0.4) is 0 Å². The van der Waals surface area contributed by atoms with Gasteiger partial charge in [-0.1, -0.05) is 426 Å². The fourth-order valence-electron chi connectivity index (χ4n) is 13.8. The van der Waals surface area contributed by atoms with E-state index in [1.807, 2.05) is 0 Å². The van der Waals surface area contributed by atoms with Gasteiger partial charge >= 0.3 is 39.5 Å². The van der Waals surface area contributed by atoms with E-state index in [1.54, 1.807) is 0 Å². The summed E-state index contributed by atoms with van der Waals surface area (Å²) in [4.78, 5) is 73.3. The zero-order valence-electron chi connectivity index (χ0n) is 70.3. The summed E-state index contributed by atoms with van der Waals surface area (Å²) in [7, 11) is -9.93. The number of hydrogen-bond acceptors (Lipinski definition) is 15. The van der Waals surface area contributed by atoms with E-state index in [4.69, 9.17) is 37.0 Å². The van der Waals surface area contributed by atoms with Crippen LogP contribution in [0.5, 0.6) is 0 Å². The Balaban J connectivity index is 5.25. The maximum absolute atomic E-state index is 13.2. The quantitative estimate of drug-likeness (QED) is 0.0222. The minimum atomic E-state index is -4.97. The molecule has 0 aromatic heterocycles. The number of aliphatic hydroxyl groups is 1. The van der Waals surface area contributed by atoms with Gasteiger partial charge in [-0.05, 0) is 31.6 Å². The Hall–Kier alpha value is -1.94. The van der Waals surface area contributed by atoms with Gasteiger partial charge in [-0.15, -0.1) is 0 Å². The Bertz CT molecular complexity index is 2030. The van der Waals surface area contributed by atoms with Gasteiger partial charge in [0.05, 0.1) is 26.4 Å². The highest BCUT2D eigenvalue weighted by Gasteiger charge is 2.30. The van der Waals surface area contributed by atoms with E-state index in [0.717, 1.165) is 95.8 Å². The molecule has 0 heterocycles. The zero-order valence-corrected chi connectivity index (χ0v) is 72.1. The molecule has 0 radical (unpaired) electrons. The highest BCUT2D eigenvalue weighted by Crippen LogP contribution is 2.45. The van der Waals surface area contributed by atoms with Crippen molar-refractivity contribution in [1.82, 2.24) is 0 Å². The summed E-state index contributed by atoms with van der Waals surface area (Å²) < 4.78 is 69.0. The molecular formula is C88H172O17P2. The van der Waals surface area contributed by atoms with Crippen molar-refractivity contribution in [2.45, 2.75) is 496 Å². The molecule has 0 bridgehead atoms. The second kappa shape index (κ2) is 80.7. The van der Waals surface area contributed by atoms with Crippen LogP contribution >= 0.6 is 15.6 Å². The average molecular weight is 1560 g/mol. The van der Waals surface area contributed by atoms with Gasteiger partial charge in [0.1, 0.15) is 19.3 Å². The second-order valence-electron chi connectivity index (χ2n) is 32.1. The predicted octanol–water partition coefficient (Wildman–Crippen LogP) is 27.2. The number of aliphatic hydroxyl groups excluding tert-OH is 1. The number of rotatable bonds is 88. The van der Waals surface area contributed by atoms with E-state index in [2.05, 4.69) is 34.6 Å². The molecule has 0 saturated heterocycles. The maximum atomic E-state index is 13.2. The number of phosphoric acid groups is 2. The standard InChI is InChI=1S/C88H172O17P2/c1-6-9-12-15-18-21-24-27-29-33-38-42-47-52-57-62-67-72-86(91)99-78-84(105-88(93)74-69-64-59-54-49-44-40-36-32-31-35-37-41-45-50-55-60-65-70-81(4)5)80-103-107(96,97)101-76-82(89)75-100-106(94,95)102-79-83(77-98-85(90)71-66-61-56-51-46-26-23-20-17-14-11-8-3)104-87(92)73-68-63-58-53-48-43-39-34-30-28-25-22-19-16-13-10-7-2/h81-84,89H,6-80H2,1-5H3,(H,94,95)(H,96,97)/t82-,83+,84+/m0/s1. The fourth-order valence-corrected chi connectivity index (χ4v) is 15.4. The SMILES string of the molecule is CCCCCCCCCCCCCCCCCCCC(=O)OC[C@H](COP(=O)(O)OC[C@@H](O)COP(=O)(O)OC[C@@H](COC(=O)CCCCCCCCCCCCCC)OC(=O)CCCCCCCCCCCCCCCCCCC)OC(=O)CCCCCCCCCCCCCCCCCCCCC(C)C. The Morgan fingerprint density at radius 3 is 0.636 bits per heavy atom. The monoisotopic (exact) mass is 1560 g/mol. The van der Waals surface area contributed by atoms with Gasteiger partial charge in [-0.3, -0.25) is 37.3 Å². The van der Waals surface area contributed by atoms with E-state index in [0.29, 0.717) is 25.7 Å². The molecule has 0 aliphatic heterocycles. The maximum Gasteiger partial charge on any atom is 0.472 e. The summed E-state index contributed by atoms with van der Waals surface area (Å²) in [5, 5.41) is 10.7. The smallest absolute Gasteiger partial charge is 0.462 e. The normalized spacial score (nSPS) is 13.7. The Labute approximate surface area is 658 Å². The molecule has 0 aromatic rings. The highest BCUT2D eigenvalue weighted by atomic mass is 31.2. The molecule has 0 aliphatic carbocycles. The first kappa shape index (κ1) is 105. The minimum Gasteiger partial charge on any atom is -0.462 e. The molecule has 0 fully saturated rings. The molecule has 17 nitrogen and oxygen atoms in total. The first-order chi connectivity index (χ1) is 52.0. The van der Waals surface area contributed by atoms with Crippen molar-refractivity contribution in [3.05, 3.63) is 0 Å². The van der Waals surface area contributed by atoms with Crippen LogP contribution in [0.1, 0.15) is 478 Å². The summed E-state index contributed by atoms with van der Waals surface area (Å²) >= 11 is 0. The fraction of sp³-hybridized carbons (Fsp3) is 0.955. The zero-order chi connectivity index (χ0) is 78.3. The van der Waals surface area contributed by atoms with E-state index in [-0.39, 0.29) is 25.7 Å². The van der Waals surface area contributed by atoms with Crippen molar-refractivity contribution in [3.63, 3.8) is 0 Å². The highest BCUT2D eigenvalue weighted by molar-refractivity contribution is 7.47. The Morgan fingerprint density at radius 1 is 0.252 bits per heavy atom. The molecule has 2 unspecified atom stereocenters. The summed E-state index contributed by atoms with van der Waals surface area (Å²) in [6, 6.07) is 0. The number of unbranched alkanes of at least 4 members (excludes halogenated alkanes) is 60. The molecule has 0 spiro atoms. The number of esters is 4. The van der Waals surface area contributed by atoms with E-state index >= 15 is 0 Å². The molecule has 0 rings (SSSR count). The van der Waals surface area contributed by atoms with Gasteiger partial charge in [0, 0.05) is 25.7 Å². The molecule has 3 N–H and O–H groups in total. The van der Waals surface area contributed by atoms with Gasteiger partial charge < -0.3 is 33.8 Å². The van der Waals surface area contributed by atoms with E-state index in [1.165, 1.54) is 302 Å². The summed E-state index contributed by atoms with van der Waals surface area (Å²) in [5.41, 5.74) is 0. The van der Waals surface area contributed by atoms with Gasteiger partial charge in [0.25, 0.3) is 0 Å². The van der Waals surface area contributed by atoms with Crippen molar-refractivity contribution in [2.75, 3.05) is 39.6 Å². The molecule has 5 atom stereocenters. The van der Waals surface area contributed by atoms with Gasteiger partial charge in [-0.2, -0.15) is 0 Å². The van der Waals surface area contributed by atoms with Crippen molar-refractivity contribution >= 4 is 39.5 Å². The Kier molecular flexibility index (Phi) is 79.2. The third kappa shape index (κ3) is 81.9. The summed E-state index contributed by atoms with van der Waals surface area (Å²) in [6.07, 6.45) is 74.9. The first-order valence-corrected chi connectivity index (χ1v) is 48.6. The predicted molar refractivity (Wildman–Crippen MR) is 442 cm³/mol. The van der Waals surface area contributed by atoms with Crippen LogP contribution in [0.4, 0.5) is 0 Å². The van der Waals surface area contributed by atoms with Crippen molar-refractivity contribution < 1.29 is 80.2 Å². The van der Waals surface area contributed by atoms with Crippen molar-refractivity contribution in [3.8, 4) is 0 Å². The van der Waals surface area contributed by atoms with Crippen LogP contribution in [0, 0.1) is 5.92 Å². The number of hydrogen-bond donors (Lipinski definition) is 3. The molecule has 636 valence electrons. The van der Waals surface area contributed by atoms with Crippen LogP contribution < -0.4 is 0 Å². The lowest BCUT2D eigenvalue weighted by Gasteiger charge is -2.21. The molecule has 0 saturated carbocycles. The number of ether oxygens (including phenoxy) is 4. The third-order valence-electron chi connectivity index (χ3n) is 20.8. The third-order valence-corrected chi connectivity index (χ3v) is 22.7. The molecule has 0 amide bonds. The topological polar surface area (TPSA) is 237 Å². The van der Waals surface area contributed by atoms with Gasteiger partial charge in [0.2, 0.25) is 0 Å². The molecule has 0 aliphatic rings. The van der Waals surface area contributed by atoms with E-state index < -0.39 is 97.5 Å².